The lowest BCUT2D eigenvalue weighted by Gasteiger charge is -2.22. The maximum absolute atomic E-state index is 5.49. The molecule has 5 nitrogen and oxygen atoms in total. The van der Waals surface area contributed by atoms with E-state index in [1.165, 1.54) is 12.8 Å². The number of nitrogens with zero attached hydrogens (tertiary/aromatic N) is 3. The fraction of sp³-hybridized carbons (Fsp3) is 0.467. The summed E-state index contributed by atoms with van der Waals surface area (Å²) in [7, 11) is 1.95. The second-order valence-electron chi connectivity index (χ2n) is 5.31. The van der Waals surface area contributed by atoms with Crippen molar-refractivity contribution in [2.45, 2.75) is 12.8 Å². The molecule has 0 radical (unpaired) electrons. The summed E-state index contributed by atoms with van der Waals surface area (Å²) in [5.74, 6) is 1.51. The number of aromatic nitrogens is 3. The van der Waals surface area contributed by atoms with E-state index in [-0.39, 0.29) is 0 Å². The minimum absolute atomic E-state index is 0.627. The Morgan fingerprint density at radius 2 is 2.20 bits per heavy atom. The van der Waals surface area contributed by atoms with E-state index in [1.54, 1.807) is 6.33 Å². The number of hydrogen-bond donors (Lipinski definition) is 1. The van der Waals surface area contributed by atoms with Crippen LogP contribution in [0.2, 0.25) is 0 Å². The molecule has 2 aromatic rings. The molecule has 20 heavy (non-hydrogen) atoms. The molecule has 5 heteroatoms. The van der Waals surface area contributed by atoms with Crippen LogP contribution in [0.3, 0.4) is 0 Å². The van der Waals surface area contributed by atoms with Gasteiger partial charge in [-0.25, -0.2) is 0 Å². The van der Waals surface area contributed by atoms with E-state index in [0.717, 1.165) is 36.8 Å². The quantitative estimate of drug-likeness (QED) is 0.928. The Kier molecular flexibility index (Phi) is 3.97. The first-order valence-corrected chi connectivity index (χ1v) is 7.09. The van der Waals surface area contributed by atoms with Crippen LogP contribution in [0.4, 0.5) is 5.69 Å². The van der Waals surface area contributed by atoms with Crippen LogP contribution < -0.4 is 5.32 Å². The van der Waals surface area contributed by atoms with Crippen molar-refractivity contribution in [3.05, 3.63) is 30.6 Å². The molecule has 106 valence electrons. The monoisotopic (exact) mass is 272 g/mol. The third-order valence-electron chi connectivity index (χ3n) is 3.70. The van der Waals surface area contributed by atoms with Gasteiger partial charge in [0, 0.05) is 31.5 Å². The molecular formula is C15H20N4O. The van der Waals surface area contributed by atoms with Crippen molar-refractivity contribution in [3.63, 3.8) is 0 Å². The molecule has 1 aliphatic heterocycles. The standard InChI is InChI=1S/C15H20N4O/c1-19-11-17-18-15(19)13-4-6-14(7-5-13)16-9-12-3-2-8-20-10-12/h4-7,11-12,16H,2-3,8-10H2,1H3. The summed E-state index contributed by atoms with van der Waals surface area (Å²) >= 11 is 0. The van der Waals surface area contributed by atoms with Gasteiger partial charge in [0.2, 0.25) is 0 Å². The molecule has 1 aromatic heterocycles. The van der Waals surface area contributed by atoms with Crippen LogP contribution in [-0.2, 0) is 11.8 Å². The molecule has 0 aliphatic carbocycles. The molecule has 1 unspecified atom stereocenters. The minimum atomic E-state index is 0.627. The molecule has 1 atom stereocenters. The largest absolute Gasteiger partial charge is 0.385 e. The summed E-state index contributed by atoms with van der Waals surface area (Å²) in [5.41, 5.74) is 2.22. The Bertz CT molecular complexity index is 543. The van der Waals surface area contributed by atoms with E-state index in [4.69, 9.17) is 4.74 Å². The number of ether oxygens (including phenoxy) is 1. The Morgan fingerprint density at radius 1 is 1.35 bits per heavy atom. The molecule has 1 N–H and O–H groups in total. The van der Waals surface area contributed by atoms with Crippen LogP contribution in [0.5, 0.6) is 0 Å². The van der Waals surface area contributed by atoms with Gasteiger partial charge in [-0.1, -0.05) is 0 Å². The van der Waals surface area contributed by atoms with E-state index in [2.05, 4.69) is 39.8 Å². The second kappa shape index (κ2) is 6.05. The van der Waals surface area contributed by atoms with Crippen molar-refractivity contribution in [1.29, 1.82) is 0 Å². The van der Waals surface area contributed by atoms with Crippen molar-refractivity contribution in [2.75, 3.05) is 25.1 Å². The van der Waals surface area contributed by atoms with Crippen molar-refractivity contribution in [1.82, 2.24) is 14.8 Å². The number of benzene rings is 1. The third kappa shape index (κ3) is 2.99. The zero-order valence-corrected chi connectivity index (χ0v) is 11.7. The van der Waals surface area contributed by atoms with Gasteiger partial charge in [0.25, 0.3) is 0 Å². The molecule has 0 bridgehead atoms. The zero-order valence-electron chi connectivity index (χ0n) is 11.7. The molecule has 1 aromatic carbocycles. The average Bonchev–Trinajstić information content (AvgIpc) is 2.93. The molecule has 0 amide bonds. The summed E-state index contributed by atoms with van der Waals surface area (Å²) in [5, 5.41) is 11.5. The zero-order chi connectivity index (χ0) is 13.8. The summed E-state index contributed by atoms with van der Waals surface area (Å²) in [6.07, 6.45) is 4.14. The summed E-state index contributed by atoms with van der Waals surface area (Å²) in [6, 6.07) is 8.33. The lowest BCUT2D eigenvalue weighted by molar-refractivity contribution is 0.0595. The van der Waals surface area contributed by atoms with E-state index in [9.17, 15) is 0 Å². The van der Waals surface area contributed by atoms with Gasteiger partial charge < -0.3 is 14.6 Å². The van der Waals surface area contributed by atoms with Crippen molar-refractivity contribution < 1.29 is 4.74 Å². The maximum Gasteiger partial charge on any atom is 0.163 e. The Hall–Kier alpha value is -1.88. The molecule has 0 saturated carbocycles. The molecular weight excluding hydrogens is 252 g/mol. The van der Waals surface area contributed by atoms with Crippen LogP contribution in [0, 0.1) is 5.92 Å². The second-order valence-corrected chi connectivity index (χ2v) is 5.31. The lowest BCUT2D eigenvalue weighted by Crippen LogP contribution is -2.24. The molecule has 0 spiro atoms. The molecule has 3 rings (SSSR count). The molecule has 2 heterocycles. The molecule has 1 aliphatic rings. The van der Waals surface area contributed by atoms with Gasteiger partial charge in [-0.3, -0.25) is 0 Å². The van der Waals surface area contributed by atoms with Gasteiger partial charge in [-0.2, -0.15) is 0 Å². The van der Waals surface area contributed by atoms with Gasteiger partial charge in [-0.15, -0.1) is 10.2 Å². The highest BCUT2D eigenvalue weighted by atomic mass is 16.5. The predicted molar refractivity (Wildman–Crippen MR) is 78.5 cm³/mol. The highest BCUT2D eigenvalue weighted by molar-refractivity contribution is 5.59. The summed E-state index contributed by atoms with van der Waals surface area (Å²) in [4.78, 5) is 0. The Morgan fingerprint density at radius 3 is 2.85 bits per heavy atom. The van der Waals surface area contributed by atoms with Gasteiger partial charge >= 0.3 is 0 Å². The first-order chi connectivity index (χ1) is 9.83. The van der Waals surface area contributed by atoms with E-state index < -0.39 is 0 Å². The van der Waals surface area contributed by atoms with Crippen LogP contribution in [0.1, 0.15) is 12.8 Å². The van der Waals surface area contributed by atoms with E-state index in [0.29, 0.717) is 5.92 Å². The molecule has 1 fully saturated rings. The van der Waals surface area contributed by atoms with Crippen LogP contribution in [0.15, 0.2) is 30.6 Å². The average molecular weight is 272 g/mol. The highest BCUT2D eigenvalue weighted by Gasteiger charge is 2.13. The topological polar surface area (TPSA) is 52.0 Å². The van der Waals surface area contributed by atoms with Gasteiger partial charge in [0.1, 0.15) is 6.33 Å². The first kappa shape index (κ1) is 13.1. The van der Waals surface area contributed by atoms with Gasteiger partial charge in [0.15, 0.2) is 5.82 Å². The number of hydrogen-bond acceptors (Lipinski definition) is 4. The first-order valence-electron chi connectivity index (χ1n) is 7.09. The molecule has 1 saturated heterocycles. The predicted octanol–water partition coefficient (Wildman–Crippen LogP) is 2.32. The van der Waals surface area contributed by atoms with Crippen LogP contribution in [0.25, 0.3) is 11.4 Å². The van der Waals surface area contributed by atoms with Crippen molar-refractivity contribution >= 4 is 5.69 Å². The fourth-order valence-electron chi connectivity index (χ4n) is 2.51. The lowest BCUT2D eigenvalue weighted by atomic mass is 10.0. The maximum atomic E-state index is 5.49. The van der Waals surface area contributed by atoms with Gasteiger partial charge in [-0.05, 0) is 43.0 Å². The van der Waals surface area contributed by atoms with Crippen molar-refractivity contribution in [3.8, 4) is 11.4 Å². The summed E-state index contributed by atoms with van der Waals surface area (Å²) in [6.45, 7) is 2.77. The van der Waals surface area contributed by atoms with Crippen molar-refractivity contribution in [2.24, 2.45) is 13.0 Å². The highest BCUT2D eigenvalue weighted by Crippen LogP contribution is 2.20. The van der Waals surface area contributed by atoms with Gasteiger partial charge in [0.05, 0.1) is 6.61 Å². The summed E-state index contributed by atoms with van der Waals surface area (Å²) < 4.78 is 7.41. The smallest absolute Gasteiger partial charge is 0.163 e. The number of anilines is 1. The van der Waals surface area contributed by atoms with Crippen LogP contribution >= 0.6 is 0 Å². The number of nitrogens with one attached hydrogen (secondary N) is 1. The minimum Gasteiger partial charge on any atom is -0.385 e. The van der Waals surface area contributed by atoms with E-state index in [1.807, 2.05) is 11.6 Å². The Labute approximate surface area is 119 Å². The number of aryl methyl sites for hydroxylation is 1. The number of rotatable bonds is 4. The normalized spacial score (nSPS) is 18.9. The third-order valence-corrected chi connectivity index (χ3v) is 3.70. The Balaban J connectivity index is 1.60. The van der Waals surface area contributed by atoms with Crippen LogP contribution in [-0.4, -0.2) is 34.5 Å². The SMILES string of the molecule is Cn1cnnc1-c1ccc(NCC2CCCOC2)cc1. The fourth-order valence-corrected chi connectivity index (χ4v) is 2.51. The van der Waals surface area contributed by atoms with E-state index >= 15 is 0 Å².